The van der Waals surface area contributed by atoms with Crippen LogP contribution >= 0.6 is 0 Å². The summed E-state index contributed by atoms with van der Waals surface area (Å²) in [5.41, 5.74) is 1.44. The van der Waals surface area contributed by atoms with Crippen LogP contribution in [0.25, 0.3) is 10.8 Å². The fraction of sp³-hybridized carbons (Fsp3) is 0.553. The summed E-state index contributed by atoms with van der Waals surface area (Å²) in [4.78, 5) is 12.7. The lowest BCUT2D eigenvalue weighted by molar-refractivity contribution is -0.149. The lowest BCUT2D eigenvalue weighted by Gasteiger charge is -2.25. The zero-order chi connectivity index (χ0) is 32.7. The lowest BCUT2D eigenvalue weighted by atomic mass is 9.82. The highest BCUT2D eigenvalue weighted by atomic mass is 16.5. The Morgan fingerprint density at radius 1 is 0.978 bits per heavy atom. The van der Waals surface area contributed by atoms with Crippen molar-refractivity contribution in [3.63, 3.8) is 0 Å². The average Bonchev–Trinajstić information content (AvgIpc) is 3.69. The minimum Gasteiger partial charge on any atom is -0.504 e. The first-order valence-electron chi connectivity index (χ1n) is 17.1. The second kappa shape index (κ2) is 15.6. The molecule has 2 aliphatic rings. The maximum Gasteiger partial charge on any atom is 0.306 e. The van der Waals surface area contributed by atoms with Crippen molar-refractivity contribution in [1.29, 1.82) is 0 Å². The van der Waals surface area contributed by atoms with Crippen LogP contribution < -0.4 is 5.32 Å². The second-order valence-corrected chi connectivity index (χ2v) is 13.6. The minimum atomic E-state index is -0.561. The van der Waals surface area contributed by atoms with Crippen molar-refractivity contribution in [2.75, 3.05) is 13.1 Å². The van der Waals surface area contributed by atoms with E-state index in [0.29, 0.717) is 44.2 Å². The third kappa shape index (κ3) is 8.21. The molecule has 8 heteroatoms. The summed E-state index contributed by atoms with van der Waals surface area (Å²) < 4.78 is 5.75. The smallest absolute Gasteiger partial charge is 0.306 e. The van der Waals surface area contributed by atoms with E-state index in [1.165, 1.54) is 22.9 Å². The number of carbonyl (C=O) groups is 1. The van der Waals surface area contributed by atoms with E-state index in [1.54, 1.807) is 6.07 Å². The van der Waals surface area contributed by atoms with Crippen LogP contribution in [-0.2, 0) is 16.0 Å². The second-order valence-electron chi connectivity index (χ2n) is 13.6. The molecule has 0 bridgehead atoms. The van der Waals surface area contributed by atoms with Gasteiger partial charge >= 0.3 is 5.97 Å². The lowest BCUT2D eigenvalue weighted by Crippen LogP contribution is -2.27. The van der Waals surface area contributed by atoms with E-state index in [-0.39, 0.29) is 34.7 Å². The first-order chi connectivity index (χ1) is 22.2. The number of hydrogen-bond acceptors (Lipinski definition) is 8. The molecule has 0 heterocycles. The Bertz CT molecular complexity index is 1450. The maximum absolute atomic E-state index is 12.7. The number of esters is 1. The molecule has 0 aromatic heterocycles. The molecule has 0 amide bonds. The van der Waals surface area contributed by atoms with E-state index < -0.39 is 24.4 Å². The van der Waals surface area contributed by atoms with Crippen LogP contribution in [0.2, 0.25) is 0 Å². The Morgan fingerprint density at radius 3 is 2.54 bits per heavy atom. The van der Waals surface area contributed by atoms with Crippen molar-refractivity contribution in [3.8, 4) is 11.5 Å². The van der Waals surface area contributed by atoms with Crippen molar-refractivity contribution in [2.45, 2.75) is 102 Å². The minimum absolute atomic E-state index is 0.0310. The molecule has 5 unspecified atom stereocenters. The van der Waals surface area contributed by atoms with Gasteiger partial charge in [0.1, 0.15) is 6.10 Å². The summed E-state index contributed by atoms with van der Waals surface area (Å²) in [7, 11) is 0. The van der Waals surface area contributed by atoms with Crippen molar-refractivity contribution in [1.82, 2.24) is 5.32 Å². The fourth-order valence-corrected chi connectivity index (χ4v) is 7.84. The van der Waals surface area contributed by atoms with Gasteiger partial charge in [0, 0.05) is 24.8 Å². The SMILES string of the molecule is CCCNCC(OC(=O)CCCCCC[C@H]1C(O)CC(O)C12C[C@@H]2CC(O)Cc1ccc2ccccc2c1)c1ccc(O)c(O)c1. The summed E-state index contributed by atoms with van der Waals surface area (Å²) in [6.07, 6.45) is 5.81. The van der Waals surface area contributed by atoms with Crippen molar-refractivity contribution < 1.29 is 35.1 Å². The molecule has 46 heavy (non-hydrogen) atoms. The number of unbranched alkanes of at least 4 members (excludes halogenated alkanes) is 3. The first kappa shape index (κ1) is 34.2. The van der Waals surface area contributed by atoms with E-state index in [9.17, 15) is 30.3 Å². The summed E-state index contributed by atoms with van der Waals surface area (Å²) in [5, 5.41) is 58.0. The average molecular weight is 634 g/mol. The number of fused-ring (bicyclic) bond motifs is 1. The zero-order valence-electron chi connectivity index (χ0n) is 27.0. The number of ether oxygens (including phenoxy) is 1. The van der Waals surface area contributed by atoms with Gasteiger partial charge in [0.25, 0.3) is 0 Å². The molecule has 2 aliphatic carbocycles. The third-order valence-corrected chi connectivity index (χ3v) is 10.3. The molecule has 250 valence electrons. The quantitative estimate of drug-likeness (QED) is 0.0612. The molecule has 0 aliphatic heterocycles. The van der Waals surface area contributed by atoms with Gasteiger partial charge in [-0.25, -0.2) is 0 Å². The summed E-state index contributed by atoms with van der Waals surface area (Å²) in [5.74, 6) is -0.515. The maximum atomic E-state index is 12.7. The topological polar surface area (TPSA) is 139 Å². The van der Waals surface area contributed by atoms with Crippen LogP contribution in [-0.4, -0.2) is 62.9 Å². The van der Waals surface area contributed by atoms with Crippen LogP contribution in [0.1, 0.15) is 88.4 Å². The zero-order valence-corrected chi connectivity index (χ0v) is 27.0. The van der Waals surface area contributed by atoms with E-state index in [0.717, 1.165) is 50.6 Å². The third-order valence-electron chi connectivity index (χ3n) is 10.3. The normalized spacial score (nSPS) is 25.1. The van der Waals surface area contributed by atoms with Crippen molar-refractivity contribution in [2.24, 2.45) is 17.3 Å². The molecule has 3 aromatic rings. The summed E-state index contributed by atoms with van der Waals surface area (Å²) >= 11 is 0. The predicted molar refractivity (Wildman–Crippen MR) is 178 cm³/mol. The Kier molecular flexibility index (Phi) is 11.6. The van der Waals surface area contributed by atoms with Crippen LogP contribution in [0.5, 0.6) is 11.5 Å². The Morgan fingerprint density at radius 2 is 1.76 bits per heavy atom. The molecular weight excluding hydrogens is 582 g/mol. The van der Waals surface area contributed by atoms with E-state index in [2.05, 4.69) is 42.6 Å². The van der Waals surface area contributed by atoms with Gasteiger partial charge in [-0.3, -0.25) is 4.79 Å². The highest BCUT2D eigenvalue weighted by molar-refractivity contribution is 5.83. The number of aliphatic hydroxyl groups excluding tert-OH is 3. The van der Waals surface area contributed by atoms with Crippen LogP contribution in [0, 0.1) is 17.3 Å². The van der Waals surface area contributed by atoms with Crippen LogP contribution in [0.15, 0.2) is 60.7 Å². The van der Waals surface area contributed by atoms with Gasteiger partial charge in [-0.05, 0) is 90.9 Å². The molecule has 5 rings (SSSR count). The largest absolute Gasteiger partial charge is 0.504 e. The molecule has 7 atom stereocenters. The highest BCUT2D eigenvalue weighted by Gasteiger charge is 2.67. The molecule has 1 spiro atoms. The standard InChI is InChI=1S/C38H51NO7/c1-2-17-39-24-35(28-15-16-32(41)34(43)20-28)46-37(45)12-6-4-3-5-11-31-33(42)22-36(44)38(31)23-29(38)21-30(40)19-25-13-14-26-9-7-8-10-27(26)18-25/h7-10,13-16,18,20,29-31,33,35-36,39-44H,2-6,11-12,17,19,21-24H2,1H3/t29-,30?,31-,33?,35?,36?,38?/m0/s1. The van der Waals surface area contributed by atoms with Gasteiger partial charge in [0.05, 0.1) is 18.3 Å². The highest BCUT2D eigenvalue weighted by Crippen LogP contribution is 2.68. The number of rotatable bonds is 17. The summed E-state index contributed by atoms with van der Waals surface area (Å²) in [6, 6.07) is 19.0. The van der Waals surface area contributed by atoms with Crippen molar-refractivity contribution in [3.05, 3.63) is 71.8 Å². The molecular formula is C38H51NO7. The molecule has 2 saturated carbocycles. The number of phenols is 2. The Balaban J connectivity index is 1.04. The van der Waals surface area contributed by atoms with Gasteiger partial charge in [0.2, 0.25) is 0 Å². The summed E-state index contributed by atoms with van der Waals surface area (Å²) in [6.45, 7) is 3.25. The van der Waals surface area contributed by atoms with Crippen LogP contribution in [0.4, 0.5) is 0 Å². The van der Waals surface area contributed by atoms with Gasteiger partial charge in [-0.1, -0.05) is 74.7 Å². The van der Waals surface area contributed by atoms with Gasteiger partial charge in [-0.15, -0.1) is 0 Å². The molecule has 6 N–H and O–H groups in total. The fourth-order valence-electron chi connectivity index (χ4n) is 7.84. The Hall–Kier alpha value is -3.17. The van der Waals surface area contributed by atoms with E-state index in [4.69, 9.17) is 4.74 Å². The predicted octanol–water partition coefficient (Wildman–Crippen LogP) is 5.92. The van der Waals surface area contributed by atoms with Crippen LogP contribution in [0.3, 0.4) is 0 Å². The van der Waals surface area contributed by atoms with Crippen molar-refractivity contribution >= 4 is 16.7 Å². The van der Waals surface area contributed by atoms with Gasteiger partial charge in [-0.2, -0.15) is 0 Å². The van der Waals surface area contributed by atoms with E-state index in [1.807, 2.05) is 12.1 Å². The monoisotopic (exact) mass is 633 g/mol. The number of aliphatic hydroxyl groups is 3. The number of benzene rings is 3. The first-order valence-corrected chi connectivity index (χ1v) is 17.1. The number of nitrogens with one attached hydrogen (secondary N) is 1. The van der Waals surface area contributed by atoms with Gasteiger partial charge < -0.3 is 35.6 Å². The number of phenolic OH excluding ortho intramolecular Hbond substituents is 2. The number of carbonyl (C=O) groups excluding carboxylic acids is 1. The molecule has 3 aromatic carbocycles. The molecule has 2 fully saturated rings. The molecule has 0 radical (unpaired) electrons. The number of hydrogen-bond donors (Lipinski definition) is 6. The number of aromatic hydroxyl groups is 2. The van der Waals surface area contributed by atoms with Gasteiger partial charge in [0.15, 0.2) is 11.5 Å². The molecule has 8 nitrogen and oxygen atoms in total. The molecule has 0 saturated heterocycles. The Labute approximate surface area is 272 Å². The van der Waals surface area contributed by atoms with E-state index >= 15 is 0 Å².